The summed E-state index contributed by atoms with van der Waals surface area (Å²) in [7, 11) is 0. The number of nitrogens with one attached hydrogen (secondary N) is 1. The summed E-state index contributed by atoms with van der Waals surface area (Å²) in [6.45, 7) is 5.22. The molecule has 1 N–H and O–H groups in total. The van der Waals surface area contributed by atoms with Gasteiger partial charge in [0.25, 0.3) is 0 Å². The Labute approximate surface area is 118 Å². The van der Waals surface area contributed by atoms with E-state index in [-0.39, 0.29) is 0 Å². The summed E-state index contributed by atoms with van der Waals surface area (Å²) in [4.78, 5) is 4.14. The minimum absolute atomic E-state index is 0.376. The maximum atomic E-state index is 5.54. The lowest BCUT2D eigenvalue weighted by atomic mass is 10.3. The van der Waals surface area contributed by atoms with Gasteiger partial charge in [-0.3, -0.25) is 0 Å². The molecule has 1 aliphatic rings. The molecule has 0 bridgehead atoms. The lowest BCUT2D eigenvalue weighted by Crippen LogP contribution is -2.21. The van der Waals surface area contributed by atoms with Gasteiger partial charge in [0.2, 0.25) is 0 Å². The molecular formula is C15H18N4O. The number of nitrogens with zero attached hydrogens (tertiary/aromatic N) is 3. The second-order valence-corrected chi connectivity index (χ2v) is 5.00. The number of benzene rings is 1. The maximum Gasteiger partial charge on any atom is 0.336 e. The van der Waals surface area contributed by atoms with Crippen molar-refractivity contribution in [3.63, 3.8) is 0 Å². The van der Waals surface area contributed by atoms with Crippen LogP contribution in [0.1, 0.15) is 12.8 Å². The van der Waals surface area contributed by atoms with Crippen LogP contribution in [0.2, 0.25) is 0 Å². The fourth-order valence-corrected chi connectivity index (χ4v) is 1.81. The molecule has 1 heterocycles. The first-order valence-corrected chi connectivity index (χ1v) is 6.81. The van der Waals surface area contributed by atoms with Crippen LogP contribution < -0.4 is 10.1 Å². The van der Waals surface area contributed by atoms with Gasteiger partial charge in [0.1, 0.15) is 12.9 Å². The van der Waals surface area contributed by atoms with E-state index in [1.807, 2.05) is 30.3 Å². The molecule has 0 atom stereocenters. The van der Waals surface area contributed by atoms with Crippen molar-refractivity contribution in [2.24, 2.45) is 0 Å². The Morgan fingerprint density at radius 1 is 1.35 bits per heavy atom. The third-order valence-electron chi connectivity index (χ3n) is 3.12. The number of para-hydroxylation sites is 1. The standard InChI is InChI=1S/C15H18N4O/c1-12(9-16-13-7-8-13)10-20-15-17-11-19(18-15)14-5-3-2-4-6-14/h2-6,11,13,16H,1,7-10H2. The van der Waals surface area contributed by atoms with Crippen molar-refractivity contribution >= 4 is 0 Å². The van der Waals surface area contributed by atoms with Crippen LogP contribution in [0.15, 0.2) is 48.8 Å². The van der Waals surface area contributed by atoms with E-state index in [1.165, 1.54) is 12.8 Å². The minimum Gasteiger partial charge on any atom is -0.458 e. The highest BCUT2D eigenvalue weighted by atomic mass is 16.5. The summed E-state index contributed by atoms with van der Waals surface area (Å²) in [5, 5.41) is 7.68. The molecule has 1 aliphatic carbocycles. The zero-order valence-corrected chi connectivity index (χ0v) is 11.3. The molecular weight excluding hydrogens is 252 g/mol. The van der Waals surface area contributed by atoms with Crippen LogP contribution in [0.5, 0.6) is 6.01 Å². The van der Waals surface area contributed by atoms with E-state index >= 15 is 0 Å². The highest BCUT2D eigenvalue weighted by Crippen LogP contribution is 2.18. The predicted molar refractivity (Wildman–Crippen MR) is 77.0 cm³/mol. The second-order valence-electron chi connectivity index (χ2n) is 5.00. The quantitative estimate of drug-likeness (QED) is 0.781. The molecule has 104 valence electrons. The van der Waals surface area contributed by atoms with Gasteiger partial charge in [0, 0.05) is 12.6 Å². The summed E-state index contributed by atoms with van der Waals surface area (Å²) >= 11 is 0. The molecule has 5 heteroatoms. The molecule has 5 nitrogen and oxygen atoms in total. The van der Waals surface area contributed by atoms with Crippen molar-refractivity contribution in [3.8, 4) is 11.7 Å². The van der Waals surface area contributed by atoms with Gasteiger partial charge < -0.3 is 10.1 Å². The molecule has 1 fully saturated rings. The largest absolute Gasteiger partial charge is 0.458 e. The van der Waals surface area contributed by atoms with E-state index in [0.717, 1.165) is 17.8 Å². The van der Waals surface area contributed by atoms with Crippen LogP contribution in [0, 0.1) is 0 Å². The third-order valence-corrected chi connectivity index (χ3v) is 3.12. The van der Waals surface area contributed by atoms with Crippen molar-refractivity contribution in [3.05, 3.63) is 48.8 Å². The summed E-state index contributed by atoms with van der Waals surface area (Å²) in [5.74, 6) is 0. The van der Waals surface area contributed by atoms with E-state index in [0.29, 0.717) is 18.7 Å². The van der Waals surface area contributed by atoms with Crippen LogP contribution in [0.3, 0.4) is 0 Å². The van der Waals surface area contributed by atoms with Crippen molar-refractivity contribution in [2.75, 3.05) is 13.2 Å². The van der Waals surface area contributed by atoms with Gasteiger partial charge >= 0.3 is 6.01 Å². The van der Waals surface area contributed by atoms with Crippen molar-refractivity contribution in [1.29, 1.82) is 0 Å². The fourth-order valence-electron chi connectivity index (χ4n) is 1.81. The number of aromatic nitrogens is 3. The van der Waals surface area contributed by atoms with E-state index in [1.54, 1.807) is 11.0 Å². The Kier molecular flexibility index (Phi) is 3.78. The van der Waals surface area contributed by atoms with E-state index in [4.69, 9.17) is 4.74 Å². The smallest absolute Gasteiger partial charge is 0.336 e. The Morgan fingerprint density at radius 2 is 2.15 bits per heavy atom. The highest BCUT2D eigenvalue weighted by molar-refractivity contribution is 5.29. The van der Waals surface area contributed by atoms with Crippen molar-refractivity contribution in [1.82, 2.24) is 20.1 Å². The first kappa shape index (κ1) is 12.9. The SMILES string of the molecule is C=C(CNC1CC1)COc1ncn(-c2ccccc2)n1. The van der Waals surface area contributed by atoms with Gasteiger partial charge in [-0.05, 0) is 30.5 Å². The predicted octanol–water partition coefficient (Wildman–Crippen LogP) is 1.95. The minimum atomic E-state index is 0.376. The number of hydrogen-bond donors (Lipinski definition) is 1. The van der Waals surface area contributed by atoms with Gasteiger partial charge in [-0.1, -0.05) is 24.8 Å². The zero-order chi connectivity index (χ0) is 13.8. The topological polar surface area (TPSA) is 52.0 Å². The fraction of sp³-hybridized carbons (Fsp3) is 0.333. The first-order valence-electron chi connectivity index (χ1n) is 6.81. The molecule has 0 unspecified atom stereocenters. The van der Waals surface area contributed by atoms with Gasteiger partial charge in [0.05, 0.1) is 5.69 Å². The third kappa shape index (κ3) is 3.45. The molecule has 3 rings (SSSR count). The van der Waals surface area contributed by atoms with Gasteiger partial charge in [-0.2, -0.15) is 4.98 Å². The molecule has 2 aromatic rings. The molecule has 0 aliphatic heterocycles. The second kappa shape index (κ2) is 5.88. The molecule has 1 aromatic heterocycles. The van der Waals surface area contributed by atoms with E-state index < -0.39 is 0 Å². The number of hydrogen-bond acceptors (Lipinski definition) is 4. The average molecular weight is 270 g/mol. The van der Waals surface area contributed by atoms with Gasteiger partial charge in [-0.25, -0.2) is 4.68 Å². The normalized spacial score (nSPS) is 14.2. The molecule has 1 saturated carbocycles. The lowest BCUT2D eigenvalue weighted by molar-refractivity contribution is 0.320. The van der Waals surface area contributed by atoms with Crippen molar-refractivity contribution < 1.29 is 4.74 Å². The molecule has 0 saturated heterocycles. The molecule has 1 aromatic carbocycles. The monoisotopic (exact) mass is 270 g/mol. The first-order chi connectivity index (χ1) is 9.81. The van der Waals surface area contributed by atoms with Crippen LogP contribution in [0.4, 0.5) is 0 Å². The van der Waals surface area contributed by atoms with E-state index in [2.05, 4.69) is 22.0 Å². The Bertz CT molecular complexity index is 575. The van der Waals surface area contributed by atoms with Gasteiger partial charge in [0.15, 0.2) is 0 Å². The van der Waals surface area contributed by atoms with Crippen LogP contribution in [0.25, 0.3) is 5.69 Å². The number of ether oxygens (including phenoxy) is 1. The Morgan fingerprint density at radius 3 is 2.90 bits per heavy atom. The molecule has 0 radical (unpaired) electrons. The number of rotatable bonds is 7. The highest BCUT2D eigenvalue weighted by Gasteiger charge is 2.20. The van der Waals surface area contributed by atoms with Crippen molar-refractivity contribution in [2.45, 2.75) is 18.9 Å². The molecule has 20 heavy (non-hydrogen) atoms. The average Bonchev–Trinajstić information content (AvgIpc) is 3.20. The summed E-state index contributed by atoms with van der Waals surface area (Å²) in [5.41, 5.74) is 1.97. The Hall–Kier alpha value is -2.14. The molecule has 0 amide bonds. The van der Waals surface area contributed by atoms with Crippen LogP contribution in [-0.4, -0.2) is 34.0 Å². The zero-order valence-electron chi connectivity index (χ0n) is 11.3. The molecule has 0 spiro atoms. The Balaban J connectivity index is 1.50. The van der Waals surface area contributed by atoms with Crippen LogP contribution in [-0.2, 0) is 0 Å². The van der Waals surface area contributed by atoms with E-state index in [9.17, 15) is 0 Å². The van der Waals surface area contributed by atoms with Crippen LogP contribution >= 0.6 is 0 Å². The summed E-state index contributed by atoms with van der Waals surface area (Å²) in [6.07, 6.45) is 4.20. The van der Waals surface area contributed by atoms with Gasteiger partial charge in [-0.15, -0.1) is 5.10 Å². The summed E-state index contributed by atoms with van der Waals surface area (Å²) < 4.78 is 7.24. The lowest BCUT2D eigenvalue weighted by Gasteiger charge is -2.06. The maximum absolute atomic E-state index is 5.54. The summed E-state index contributed by atoms with van der Waals surface area (Å²) in [6, 6.07) is 10.9.